The van der Waals surface area contributed by atoms with Crippen LogP contribution < -0.4 is 16.6 Å². The van der Waals surface area contributed by atoms with Crippen molar-refractivity contribution in [2.45, 2.75) is 44.2 Å². The van der Waals surface area contributed by atoms with E-state index in [0.717, 1.165) is 31.2 Å². The first-order valence-corrected chi connectivity index (χ1v) is 12.9. The van der Waals surface area contributed by atoms with Gasteiger partial charge in [-0.1, -0.05) is 18.2 Å². The average Bonchev–Trinajstić information content (AvgIpc) is 3.86. The van der Waals surface area contributed by atoms with E-state index in [1.165, 1.54) is 10.6 Å². The van der Waals surface area contributed by atoms with Crippen molar-refractivity contribution in [2.75, 3.05) is 11.1 Å². The third-order valence-corrected chi connectivity index (χ3v) is 7.27. The molecule has 196 valence electrons. The minimum Gasteiger partial charge on any atom is -0.392 e. The minimum absolute atomic E-state index is 0.0113. The van der Waals surface area contributed by atoms with Crippen molar-refractivity contribution in [1.29, 1.82) is 0 Å². The zero-order valence-electron chi connectivity index (χ0n) is 20.9. The summed E-state index contributed by atoms with van der Waals surface area (Å²) in [5, 5.41) is 18.4. The molecule has 0 aliphatic heterocycles. The number of nitrogens with zero attached hydrogens (tertiary/aromatic N) is 6. The van der Waals surface area contributed by atoms with Crippen LogP contribution in [0, 0.1) is 5.82 Å². The molecule has 5 aromatic rings. The smallest absolute Gasteiger partial charge is 0.265 e. The molecule has 0 saturated heterocycles. The van der Waals surface area contributed by atoms with E-state index in [2.05, 4.69) is 25.4 Å². The molecule has 3 heterocycles. The molecule has 0 radical (unpaired) electrons. The lowest BCUT2D eigenvalue weighted by molar-refractivity contribution is 0.282. The molecule has 0 spiro atoms. The average molecular weight is 525 g/mol. The summed E-state index contributed by atoms with van der Waals surface area (Å²) in [6.45, 7) is -0.415. The van der Waals surface area contributed by atoms with Crippen molar-refractivity contribution in [2.24, 2.45) is 0 Å². The minimum atomic E-state index is -0.540. The molecule has 2 aliphatic carbocycles. The Hall–Kier alpha value is -4.64. The molecule has 2 fully saturated rings. The Kier molecular flexibility index (Phi) is 5.41. The van der Waals surface area contributed by atoms with Gasteiger partial charge in [-0.15, -0.1) is 0 Å². The Morgan fingerprint density at radius 1 is 1.10 bits per heavy atom. The number of aromatic nitrogens is 6. The van der Waals surface area contributed by atoms with Gasteiger partial charge in [0.2, 0.25) is 11.9 Å². The van der Waals surface area contributed by atoms with E-state index >= 15 is 4.39 Å². The molecule has 0 unspecified atom stereocenters. The predicted octanol–water partition coefficient (Wildman–Crippen LogP) is 4.21. The summed E-state index contributed by atoms with van der Waals surface area (Å²) < 4.78 is 18.4. The number of hydrogen-bond acceptors (Lipinski definition) is 8. The van der Waals surface area contributed by atoms with Gasteiger partial charge in [-0.2, -0.15) is 20.1 Å². The lowest BCUT2D eigenvalue weighted by Gasteiger charge is -2.16. The number of pyridine rings is 1. The number of fused-ring (bicyclic) bond motifs is 1. The van der Waals surface area contributed by atoms with Crippen LogP contribution in [-0.4, -0.2) is 34.4 Å². The van der Waals surface area contributed by atoms with Gasteiger partial charge in [0, 0.05) is 23.5 Å². The van der Waals surface area contributed by atoms with Gasteiger partial charge in [0.05, 0.1) is 35.6 Å². The number of nitrogens with two attached hydrogens (primary N) is 1. The molecule has 3 aromatic heterocycles. The van der Waals surface area contributed by atoms with Gasteiger partial charge in [-0.3, -0.25) is 14.0 Å². The van der Waals surface area contributed by atoms with Gasteiger partial charge >= 0.3 is 0 Å². The summed E-state index contributed by atoms with van der Waals surface area (Å²) in [5.41, 5.74) is 8.40. The SMILES string of the molecule is Nc1nc(Nc2cnn(C3CC3)c2)nc(-c2cccc(-n3ccc4cc(C5CC5)cc(F)c4c3=O)c2CO)n1. The van der Waals surface area contributed by atoms with Crippen LogP contribution in [0.5, 0.6) is 0 Å². The first-order chi connectivity index (χ1) is 19.0. The van der Waals surface area contributed by atoms with Crippen LogP contribution in [0.2, 0.25) is 0 Å². The monoisotopic (exact) mass is 524 g/mol. The topological polar surface area (TPSA) is 137 Å². The fraction of sp³-hybridized carbons (Fsp3) is 0.250. The molecule has 2 saturated carbocycles. The zero-order valence-corrected chi connectivity index (χ0v) is 20.9. The number of benzene rings is 2. The maximum absolute atomic E-state index is 15.1. The van der Waals surface area contributed by atoms with Crippen LogP contribution in [-0.2, 0) is 6.61 Å². The molecular formula is C28H25FN8O2. The Morgan fingerprint density at radius 3 is 2.72 bits per heavy atom. The molecule has 0 bridgehead atoms. The zero-order chi connectivity index (χ0) is 26.7. The number of nitrogens with one attached hydrogen (secondary N) is 1. The second kappa shape index (κ2) is 8.98. The van der Waals surface area contributed by atoms with Crippen molar-refractivity contribution in [1.82, 2.24) is 29.3 Å². The number of halogens is 1. The fourth-order valence-electron chi connectivity index (χ4n) is 5.01. The highest BCUT2D eigenvalue weighted by atomic mass is 19.1. The van der Waals surface area contributed by atoms with Gasteiger partial charge < -0.3 is 16.2 Å². The van der Waals surface area contributed by atoms with Crippen molar-refractivity contribution in [3.8, 4) is 17.1 Å². The van der Waals surface area contributed by atoms with E-state index in [0.29, 0.717) is 39.8 Å². The molecule has 39 heavy (non-hydrogen) atoms. The van der Waals surface area contributed by atoms with Crippen molar-refractivity contribution < 1.29 is 9.50 Å². The first-order valence-electron chi connectivity index (χ1n) is 12.9. The van der Waals surface area contributed by atoms with E-state index < -0.39 is 18.0 Å². The number of hydrogen-bond donors (Lipinski definition) is 3. The van der Waals surface area contributed by atoms with Gasteiger partial charge in [-0.05, 0) is 60.7 Å². The van der Waals surface area contributed by atoms with Crippen molar-refractivity contribution in [3.05, 3.63) is 82.3 Å². The Balaban J connectivity index is 1.29. The Bertz CT molecular complexity index is 1810. The van der Waals surface area contributed by atoms with Crippen LogP contribution in [0.25, 0.3) is 27.8 Å². The number of anilines is 3. The number of aliphatic hydroxyl groups excluding tert-OH is 1. The largest absolute Gasteiger partial charge is 0.392 e. The third kappa shape index (κ3) is 4.30. The molecule has 4 N–H and O–H groups in total. The summed E-state index contributed by atoms with van der Waals surface area (Å²) >= 11 is 0. The Labute approximate surface area is 222 Å². The number of aliphatic hydroxyl groups is 1. The summed E-state index contributed by atoms with van der Waals surface area (Å²) in [5.74, 6) is 0.257. The standard InChI is InChI=1S/C28H25FN8O2/c29-22-11-17(15-4-5-15)10-16-8-9-36(26(39)24(16)22)23-3-1-2-20(21(23)14-38)25-33-27(30)35-28(34-25)32-18-12-31-37(13-18)19-6-7-19/h1-3,8-13,15,19,38H,4-7,14H2,(H3,30,32,33,34,35). The second-order valence-electron chi connectivity index (χ2n) is 10.1. The van der Waals surface area contributed by atoms with E-state index in [-0.39, 0.29) is 23.1 Å². The summed E-state index contributed by atoms with van der Waals surface area (Å²) in [6, 6.07) is 10.7. The van der Waals surface area contributed by atoms with Crippen molar-refractivity contribution >= 4 is 28.4 Å². The number of rotatable bonds is 7. The van der Waals surface area contributed by atoms with Crippen LogP contribution in [0.1, 0.15) is 48.8 Å². The molecule has 2 aromatic carbocycles. The molecule has 0 amide bonds. The predicted molar refractivity (Wildman–Crippen MR) is 144 cm³/mol. The quantitative estimate of drug-likeness (QED) is 0.288. The third-order valence-electron chi connectivity index (χ3n) is 7.27. The van der Waals surface area contributed by atoms with E-state index in [4.69, 9.17) is 5.73 Å². The Morgan fingerprint density at radius 2 is 1.95 bits per heavy atom. The normalized spacial score (nSPS) is 15.1. The highest BCUT2D eigenvalue weighted by molar-refractivity contribution is 5.83. The van der Waals surface area contributed by atoms with Crippen LogP contribution in [0.4, 0.5) is 22.0 Å². The summed E-state index contributed by atoms with van der Waals surface area (Å²) in [4.78, 5) is 26.5. The van der Waals surface area contributed by atoms with Gasteiger partial charge in [0.25, 0.3) is 5.56 Å². The highest BCUT2D eigenvalue weighted by Gasteiger charge is 2.26. The van der Waals surface area contributed by atoms with E-state index in [1.807, 2.05) is 16.9 Å². The van der Waals surface area contributed by atoms with E-state index in [9.17, 15) is 9.90 Å². The number of nitrogen functional groups attached to an aromatic ring is 1. The van der Waals surface area contributed by atoms with Crippen LogP contribution in [0.15, 0.2) is 59.8 Å². The first kappa shape index (κ1) is 23.5. The van der Waals surface area contributed by atoms with Crippen LogP contribution in [0.3, 0.4) is 0 Å². The molecule has 2 aliphatic rings. The van der Waals surface area contributed by atoms with Gasteiger partial charge in [0.1, 0.15) is 5.82 Å². The molecular weight excluding hydrogens is 499 g/mol. The highest BCUT2D eigenvalue weighted by Crippen LogP contribution is 2.41. The second-order valence-corrected chi connectivity index (χ2v) is 10.1. The lowest BCUT2D eigenvalue weighted by atomic mass is 10.0. The molecule has 10 nitrogen and oxygen atoms in total. The van der Waals surface area contributed by atoms with Crippen molar-refractivity contribution in [3.63, 3.8) is 0 Å². The van der Waals surface area contributed by atoms with E-state index in [1.54, 1.807) is 36.7 Å². The fourth-order valence-corrected chi connectivity index (χ4v) is 5.01. The van der Waals surface area contributed by atoms with Gasteiger partial charge in [-0.25, -0.2) is 4.39 Å². The summed E-state index contributed by atoms with van der Waals surface area (Å²) in [6.07, 6.45) is 9.48. The molecule has 0 atom stereocenters. The van der Waals surface area contributed by atoms with Crippen LogP contribution >= 0.6 is 0 Å². The van der Waals surface area contributed by atoms with Gasteiger partial charge in [0.15, 0.2) is 5.82 Å². The summed E-state index contributed by atoms with van der Waals surface area (Å²) in [7, 11) is 0. The maximum atomic E-state index is 15.1. The lowest BCUT2D eigenvalue weighted by Crippen LogP contribution is -2.20. The maximum Gasteiger partial charge on any atom is 0.265 e. The molecule has 11 heteroatoms. The molecule has 7 rings (SSSR count).